The minimum Gasteiger partial charge on any atom is -0.379 e. The first-order valence-corrected chi connectivity index (χ1v) is 7.33. The van der Waals surface area contributed by atoms with Gasteiger partial charge in [0, 0.05) is 44.6 Å². The van der Waals surface area contributed by atoms with Gasteiger partial charge in [-0.2, -0.15) is 0 Å². The molecule has 1 aromatic rings. The highest BCUT2D eigenvalue weighted by Crippen LogP contribution is 2.02. The van der Waals surface area contributed by atoms with E-state index < -0.39 is 0 Å². The third kappa shape index (κ3) is 4.60. The average molecular weight is 266 g/mol. The highest BCUT2D eigenvalue weighted by molar-refractivity contribution is 4.92. The molecule has 1 aromatic heterocycles. The second kappa shape index (κ2) is 7.62. The summed E-state index contributed by atoms with van der Waals surface area (Å²) in [5, 5.41) is 3.57. The second-order valence-corrected chi connectivity index (χ2v) is 5.23. The molecule has 1 atom stereocenters. The summed E-state index contributed by atoms with van der Waals surface area (Å²) in [7, 11) is 0. The third-order valence-corrected chi connectivity index (χ3v) is 3.51. The molecule has 1 unspecified atom stereocenters. The molecule has 2 rings (SSSR count). The van der Waals surface area contributed by atoms with E-state index in [0.717, 1.165) is 58.2 Å². The van der Waals surface area contributed by atoms with Gasteiger partial charge in [0.25, 0.3) is 0 Å². The minimum atomic E-state index is 0.477. The molecule has 19 heavy (non-hydrogen) atoms. The second-order valence-electron chi connectivity index (χ2n) is 5.23. The molecule has 1 N–H and O–H groups in total. The zero-order valence-corrected chi connectivity index (χ0v) is 12.1. The lowest BCUT2D eigenvalue weighted by Crippen LogP contribution is -2.44. The number of aromatic nitrogens is 2. The van der Waals surface area contributed by atoms with E-state index in [1.807, 2.05) is 6.20 Å². The van der Waals surface area contributed by atoms with E-state index in [4.69, 9.17) is 4.74 Å². The van der Waals surface area contributed by atoms with Gasteiger partial charge in [-0.05, 0) is 13.3 Å². The van der Waals surface area contributed by atoms with Crippen molar-refractivity contribution in [3.63, 3.8) is 0 Å². The van der Waals surface area contributed by atoms with E-state index in [1.54, 1.807) is 0 Å². The van der Waals surface area contributed by atoms with E-state index in [9.17, 15) is 0 Å². The first kappa shape index (κ1) is 14.5. The Kier molecular flexibility index (Phi) is 5.82. The molecule has 5 nitrogen and oxygen atoms in total. The van der Waals surface area contributed by atoms with Gasteiger partial charge in [0.15, 0.2) is 0 Å². The largest absolute Gasteiger partial charge is 0.379 e. The van der Waals surface area contributed by atoms with Crippen LogP contribution in [0.1, 0.15) is 26.1 Å². The number of hydrogen-bond donors (Lipinski definition) is 1. The molecular formula is C14H26N4O. The summed E-state index contributed by atoms with van der Waals surface area (Å²) < 4.78 is 7.60. The highest BCUT2D eigenvalue weighted by Gasteiger charge is 2.13. The molecular weight excluding hydrogens is 240 g/mol. The van der Waals surface area contributed by atoms with Gasteiger partial charge in [-0.3, -0.25) is 4.90 Å². The maximum absolute atomic E-state index is 5.37. The van der Waals surface area contributed by atoms with Crippen molar-refractivity contribution in [2.24, 2.45) is 0 Å². The molecule has 1 saturated heterocycles. The fourth-order valence-corrected chi connectivity index (χ4v) is 2.45. The Balaban J connectivity index is 1.72. The number of nitrogens with zero attached hydrogens (tertiary/aromatic N) is 3. The molecule has 1 aliphatic rings. The van der Waals surface area contributed by atoms with Crippen LogP contribution in [-0.4, -0.2) is 53.3 Å². The maximum Gasteiger partial charge on any atom is 0.122 e. The zero-order chi connectivity index (χ0) is 13.5. The molecule has 108 valence electrons. The molecule has 0 aromatic carbocycles. The molecule has 0 bridgehead atoms. The summed E-state index contributed by atoms with van der Waals surface area (Å²) in [5.74, 6) is 1.13. The standard InChI is InChI=1S/C14H26N4O/c1-3-5-18-6-4-15-14(18)11-16-13(2)12-17-7-9-19-10-8-17/h4,6,13,16H,3,5,7-12H2,1-2H3. The summed E-state index contributed by atoms with van der Waals surface area (Å²) in [6.45, 7) is 11.3. The van der Waals surface area contributed by atoms with Gasteiger partial charge < -0.3 is 14.6 Å². The number of rotatable bonds is 7. The predicted molar refractivity (Wildman–Crippen MR) is 76.1 cm³/mol. The quantitative estimate of drug-likeness (QED) is 0.802. The van der Waals surface area contributed by atoms with Crippen molar-refractivity contribution in [2.45, 2.75) is 39.4 Å². The van der Waals surface area contributed by atoms with Crippen LogP contribution in [0.2, 0.25) is 0 Å². The lowest BCUT2D eigenvalue weighted by atomic mass is 10.3. The average Bonchev–Trinajstić information content (AvgIpc) is 2.85. The molecule has 0 spiro atoms. The van der Waals surface area contributed by atoms with Crippen LogP contribution in [0.15, 0.2) is 12.4 Å². The van der Waals surface area contributed by atoms with Crippen LogP contribution < -0.4 is 5.32 Å². The van der Waals surface area contributed by atoms with Crippen LogP contribution >= 0.6 is 0 Å². The fraction of sp³-hybridized carbons (Fsp3) is 0.786. The van der Waals surface area contributed by atoms with Crippen LogP contribution in [0.5, 0.6) is 0 Å². The summed E-state index contributed by atoms with van der Waals surface area (Å²) in [6, 6.07) is 0.477. The van der Waals surface area contributed by atoms with Gasteiger partial charge in [-0.25, -0.2) is 4.98 Å². The Morgan fingerprint density at radius 2 is 2.21 bits per heavy atom. The summed E-state index contributed by atoms with van der Waals surface area (Å²) in [4.78, 5) is 6.88. The van der Waals surface area contributed by atoms with Crippen LogP contribution in [0.3, 0.4) is 0 Å². The minimum absolute atomic E-state index is 0.477. The summed E-state index contributed by atoms with van der Waals surface area (Å²) in [6.07, 6.45) is 5.10. The molecule has 0 radical (unpaired) electrons. The van der Waals surface area contributed by atoms with E-state index in [2.05, 4.69) is 39.8 Å². The van der Waals surface area contributed by atoms with Crippen LogP contribution in [0.25, 0.3) is 0 Å². The predicted octanol–water partition coefficient (Wildman–Crippen LogP) is 1.10. The lowest BCUT2D eigenvalue weighted by molar-refractivity contribution is 0.0343. The SMILES string of the molecule is CCCn1ccnc1CNC(C)CN1CCOCC1. The first-order valence-electron chi connectivity index (χ1n) is 7.33. The van der Waals surface area contributed by atoms with Gasteiger partial charge in [0.05, 0.1) is 19.8 Å². The number of aryl methyl sites for hydroxylation is 1. The van der Waals surface area contributed by atoms with Gasteiger partial charge in [-0.1, -0.05) is 6.92 Å². The summed E-state index contributed by atoms with van der Waals surface area (Å²) in [5.41, 5.74) is 0. The van der Waals surface area contributed by atoms with Crippen molar-refractivity contribution >= 4 is 0 Å². The Bertz CT molecular complexity index is 360. The number of morpholine rings is 1. The molecule has 0 saturated carbocycles. The Morgan fingerprint density at radius 3 is 2.95 bits per heavy atom. The van der Waals surface area contributed by atoms with E-state index in [1.165, 1.54) is 0 Å². The molecule has 0 aliphatic carbocycles. The summed E-state index contributed by atoms with van der Waals surface area (Å²) >= 11 is 0. The lowest BCUT2D eigenvalue weighted by Gasteiger charge is -2.29. The van der Waals surface area contributed by atoms with Crippen molar-refractivity contribution in [3.8, 4) is 0 Å². The van der Waals surface area contributed by atoms with Gasteiger partial charge in [0.2, 0.25) is 0 Å². The molecule has 1 fully saturated rings. The van der Waals surface area contributed by atoms with E-state index in [0.29, 0.717) is 6.04 Å². The number of imidazole rings is 1. The van der Waals surface area contributed by atoms with Crippen LogP contribution in [-0.2, 0) is 17.8 Å². The van der Waals surface area contributed by atoms with Gasteiger partial charge in [-0.15, -0.1) is 0 Å². The monoisotopic (exact) mass is 266 g/mol. The number of nitrogens with one attached hydrogen (secondary N) is 1. The highest BCUT2D eigenvalue weighted by atomic mass is 16.5. The van der Waals surface area contributed by atoms with E-state index >= 15 is 0 Å². The van der Waals surface area contributed by atoms with Crippen LogP contribution in [0, 0.1) is 0 Å². The van der Waals surface area contributed by atoms with Gasteiger partial charge in [0.1, 0.15) is 5.82 Å². The zero-order valence-electron chi connectivity index (χ0n) is 12.1. The van der Waals surface area contributed by atoms with E-state index in [-0.39, 0.29) is 0 Å². The Hall–Kier alpha value is -0.910. The van der Waals surface area contributed by atoms with Gasteiger partial charge >= 0.3 is 0 Å². The maximum atomic E-state index is 5.37. The smallest absolute Gasteiger partial charge is 0.122 e. The first-order chi connectivity index (χ1) is 9.29. The topological polar surface area (TPSA) is 42.3 Å². The normalized spacial score (nSPS) is 18.6. The van der Waals surface area contributed by atoms with Crippen molar-refractivity contribution < 1.29 is 4.74 Å². The molecule has 5 heteroatoms. The van der Waals surface area contributed by atoms with Crippen molar-refractivity contribution in [1.82, 2.24) is 19.8 Å². The van der Waals surface area contributed by atoms with Crippen molar-refractivity contribution in [2.75, 3.05) is 32.8 Å². The van der Waals surface area contributed by atoms with Crippen LogP contribution in [0.4, 0.5) is 0 Å². The number of hydrogen-bond acceptors (Lipinski definition) is 4. The van der Waals surface area contributed by atoms with Crippen molar-refractivity contribution in [3.05, 3.63) is 18.2 Å². The van der Waals surface area contributed by atoms with Crippen molar-refractivity contribution in [1.29, 1.82) is 0 Å². The Labute approximate surface area is 116 Å². The molecule has 1 aliphatic heterocycles. The Morgan fingerprint density at radius 1 is 1.42 bits per heavy atom. The number of ether oxygens (including phenoxy) is 1. The fourth-order valence-electron chi connectivity index (χ4n) is 2.45. The third-order valence-electron chi connectivity index (χ3n) is 3.51. The molecule has 2 heterocycles. The molecule has 0 amide bonds.